The molecule has 2 aromatic carbocycles. The normalized spacial score (nSPS) is 15.9. The average Bonchev–Trinajstić information content (AvgIpc) is 2.67. The first kappa shape index (κ1) is 21.1. The van der Waals surface area contributed by atoms with Gasteiger partial charge in [-0.1, -0.05) is 6.07 Å². The molecule has 0 N–H and O–H groups in total. The van der Waals surface area contributed by atoms with E-state index >= 15 is 0 Å². The molecule has 0 aliphatic carbocycles. The van der Waals surface area contributed by atoms with Crippen molar-refractivity contribution in [3.63, 3.8) is 0 Å². The van der Waals surface area contributed by atoms with Gasteiger partial charge in [-0.25, -0.2) is 12.8 Å². The highest BCUT2D eigenvalue weighted by Crippen LogP contribution is 2.24. The number of hydrogen-bond acceptors (Lipinski definition) is 4. The second kappa shape index (κ2) is 7.99. The van der Waals surface area contributed by atoms with Gasteiger partial charge in [0.1, 0.15) is 11.6 Å². The van der Waals surface area contributed by atoms with E-state index in [-0.39, 0.29) is 36.6 Å². The van der Waals surface area contributed by atoms with Crippen LogP contribution in [0.4, 0.5) is 17.6 Å². The predicted molar refractivity (Wildman–Crippen MR) is 94.2 cm³/mol. The van der Waals surface area contributed by atoms with E-state index in [0.29, 0.717) is 0 Å². The molecule has 156 valence electrons. The lowest BCUT2D eigenvalue weighted by atomic mass is 10.2. The van der Waals surface area contributed by atoms with Gasteiger partial charge in [-0.05, 0) is 42.5 Å². The Bertz CT molecular complexity index is 986. The number of alkyl halides is 3. The van der Waals surface area contributed by atoms with E-state index < -0.39 is 33.9 Å². The smallest absolute Gasteiger partial charge is 0.406 e. The molecule has 11 heteroatoms. The fourth-order valence-corrected chi connectivity index (χ4v) is 4.34. The minimum absolute atomic E-state index is 0.0137. The van der Waals surface area contributed by atoms with Crippen LogP contribution in [-0.2, 0) is 10.0 Å². The summed E-state index contributed by atoms with van der Waals surface area (Å²) in [6.45, 7) is 0.210. The van der Waals surface area contributed by atoms with Crippen LogP contribution in [0.3, 0.4) is 0 Å². The van der Waals surface area contributed by atoms with Crippen molar-refractivity contribution in [2.45, 2.75) is 11.3 Å². The summed E-state index contributed by atoms with van der Waals surface area (Å²) in [7, 11) is -3.89. The number of piperazine rings is 1. The van der Waals surface area contributed by atoms with Gasteiger partial charge in [-0.3, -0.25) is 4.79 Å². The van der Waals surface area contributed by atoms with E-state index in [1.54, 1.807) is 0 Å². The molecule has 0 bridgehead atoms. The van der Waals surface area contributed by atoms with Crippen LogP contribution in [0.15, 0.2) is 53.4 Å². The number of rotatable bonds is 4. The molecule has 0 saturated carbocycles. The highest BCUT2D eigenvalue weighted by molar-refractivity contribution is 7.89. The van der Waals surface area contributed by atoms with Gasteiger partial charge >= 0.3 is 6.36 Å². The first-order valence-electron chi connectivity index (χ1n) is 8.47. The lowest BCUT2D eigenvalue weighted by molar-refractivity contribution is -0.274. The molecule has 1 saturated heterocycles. The summed E-state index contributed by atoms with van der Waals surface area (Å²) in [5.41, 5.74) is 0.154. The van der Waals surface area contributed by atoms with E-state index in [4.69, 9.17) is 0 Å². The molecule has 3 rings (SSSR count). The van der Waals surface area contributed by atoms with Gasteiger partial charge in [-0.2, -0.15) is 4.31 Å². The van der Waals surface area contributed by atoms with E-state index in [9.17, 15) is 30.8 Å². The average molecular weight is 432 g/mol. The molecule has 0 radical (unpaired) electrons. The topological polar surface area (TPSA) is 66.9 Å². The second-order valence-electron chi connectivity index (χ2n) is 6.23. The number of carbonyl (C=O) groups is 1. The quantitative estimate of drug-likeness (QED) is 0.697. The van der Waals surface area contributed by atoms with Crippen molar-refractivity contribution < 1.29 is 35.5 Å². The van der Waals surface area contributed by atoms with Gasteiger partial charge < -0.3 is 9.64 Å². The highest BCUT2D eigenvalue weighted by atomic mass is 32.2. The number of hydrogen-bond donors (Lipinski definition) is 0. The van der Waals surface area contributed by atoms with Crippen LogP contribution >= 0.6 is 0 Å². The molecule has 29 heavy (non-hydrogen) atoms. The van der Waals surface area contributed by atoms with E-state index in [0.717, 1.165) is 28.6 Å². The van der Waals surface area contributed by atoms with Crippen LogP contribution in [0.2, 0.25) is 0 Å². The van der Waals surface area contributed by atoms with Crippen LogP contribution in [0.25, 0.3) is 0 Å². The summed E-state index contributed by atoms with van der Waals surface area (Å²) in [4.78, 5) is 13.7. The minimum Gasteiger partial charge on any atom is -0.406 e. The van der Waals surface area contributed by atoms with Crippen LogP contribution in [0.1, 0.15) is 10.4 Å². The first-order chi connectivity index (χ1) is 13.6. The molecule has 0 atom stereocenters. The predicted octanol–water partition coefficient (Wildman–Crippen LogP) is 2.87. The van der Waals surface area contributed by atoms with E-state index in [2.05, 4.69) is 4.74 Å². The Morgan fingerprint density at radius 2 is 1.59 bits per heavy atom. The maximum Gasteiger partial charge on any atom is 0.573 e. The fraction of sp³-hybridized carbons (Fsp3) is 0.278. The van der Waals surface area contributed by atoms with Crippen molar-refractivity contribution in [2.75, 3.05) is 26.2 Å². The number of benzene rings is 2. The Kier molecular flexibility index (Phi) is 5.80. The molecule has 1 aliphatic heterocycles. The van der Waals surface area contributed by atoms with Crippen LogP contribution in [0, 0.1) is 5.82 Å². The highest BCUT2D eigenvalue weighted by Gasteiger charge is 2.32. The monoisotopic (exact) mass is 432 g/mol. The van der Waals surface area contributed by atoms with Gasteiger partial charge in [0.05, 0.1) is 4.90 Å². The van der Waals surface area contributed by atoms with E-state index in [1.165, 1.54) is 29.2 Å². The second-order valence-corrected chi connectivity index (χ2v) is 8.16. The summed E-state index contributed by atoms with van der Waals surface area (Å²) < 4.78 is 80.0. The molecule has 1 fully saturated rings. The number of sulfonamides is 1. The molecule has 0 spiro atoms. The van der Waals surface area contributed by atoms with Crippen LogP contribution in [-0.4, -0.2) is 56.1 Å². The zero-order valence-electron chi connectivity index (χ0n) is 14.9. The Labute approximate surface area is 164 Å². The van der Waals surface area contributed by atoms with Crippen molar-refractivity contribution >= 4 is 15.9 Å². The molecule has 1 heterocycles. The molecule has 1 aliphatic rings. The minimum atomic E-state index is -4.82. The third-order valence-electron chi connectivity index (χ3n) is 4.29. The van der Waals surface area contributed by atoms with Gasteiger partial charge in [0.15, 0.2) is 0 Å². The maximum atomic E-state index is 13.3. The number of amides is 1. The van der Waals surface area contributed by atoms with Gasteiger partial charge in [0, 0.05) is 31.7 Å². The maximum absolute atomic E-state index is 13.3. The van der Waals surface area contributed by atoms with Crippen LogP contribution in [0.5, 0.6) is 5.75 Å². The number of ether oxygens (including phenoxy) is 1. The van der Waals surface area contributed by atoms with Crippen molar-refractivity contribution in [3.8, 4) is 5.75 Å². The molecular weight excluding hydrogens is 416 g/mol. The Morgan fingerprint density at radius 3 is 2.14 bits per heavy atom. The van der Waals surface area contributed by atoms with Gasteiger partial charge in [-0.15, -0.1) is 13.2 Å². The fourth-order valence-electron chi connectivity index (χ4n) is 2.89. The molecule has 6 nitrogen and oxygen atoms in total. The lowest BCUT2D eigenvalue weighted by Gasteiger charge is -2.34. The van der Waals surface area contributed by atoms with Gasteiger partial charge in [0.25, 0.3) is 5.91 Å². The summed E-state index contributed by atoms with van der Waals surface area (Å²) >= 11 is 0. The molecule has 1 amide bonds. The third-order valence-corrected chi connectivity index (χ3v) is 6.19. The summed E-state index contributed by atoms with van der Waals surface area (Å²) in [6.07, 6.45) is -4.82. The zero-order chi connectivity index (χ0) is 21.2. The molecule has 2 aromatic rings. The summed E-state index contributed by atoms with van der Waals surface area (Å²) in [5.74, 6) is -1.55. The summed E-state index contributed by atoms with van der Waals surface area (Å²) in [6, 6.07) is 9.14. The standard InChI is InChI=1S/C18H16F4N2O4S/c19-14-2-1-3-16(12-14)29(26,27)24-10-8-23(9-11-24)17(25)13-4-6-15(7-5-13)28-18(20,21)22/h1-7,12H,8-11H2. The molecule has 0 aromatic heterocycles. The first-order valence-corrected chi connectivity index (χ1v) is 9.91. The van der Waals surface area contributed by atoms with Crippen molar-refractivity contribution in [1.29, 1.82) is 0 Å². The zero-order valence-corrected chi connectivity index (χ0v) is 15.7. The molecule has 0 unspecified atom stereocenters. The number of carbonyl (C=O) groups excluding carboxylic acids is 1. The number of halogens is 4. The summed E-state index contributed by atoms with van der Waals surface area (Å²) in [5, 5.41) is 0. The van der Waals surface area contributed by atoms with Crippen molar-refractivity contribution in [1.82, 2.24) is 9.21 Å². The van der Waals surface area contributed by atoms with Crippen molar-refractivity contribution in [2.24, 2.45) is 0 Å². The Hall–Kier alpha value is -2.66. The van der Waals surface area contributed by atoms with Crippen LogP contribution < -0.4 is 4.74 Å². The Balaban J connectivity index is 1.64. The van der Waals surface area contributed by atoms with Crippen molar-refractivity contribution in [3.05, 3.63) is 59.9 Å². The largest absolute Gasteiger partial charge is 0.573 e. The SMILES string of the molecule is O=C(c1ccc(OC(F)(F)F)cc1)N1CCN(S(=O)(=O)c2cccc(F)c2)CC1. The number of nitrogens with zero attached hydrogens (tertiary/aromatic N) is 2. The van der Waals surface area contributed by atoms with E-state index in [1.807, 2.05) is 0 Å². The Morgan fingerprint density at radius 1 is 0.966 bits per heavy atom. The molecular formula is C18H16F4N2O4S. The third kappa shape index (κ3) is 5.04. The van der Waals surface area contributed by atoms with Gasteiger partial charge in [0.2, 0.25) is 10.0 Å². The lowest BCUT2D eigenvalue weighted by Crippen LogP contribution is -2.50.